The van der Waals surface area contributed by atoms with Crippen molar-refractivity contribution >= 4 is 27.7 Å². The first-order valence-electron chi connectivity index (χ1n) is 10.9. The molecule has 0 aliphatic rings. The van der Waals surface area contributed by atoms with Gasteiger partial charge in [0.25, 0.3) is 0 Å². The zero-order chi connectivity index (χ0) is 25.6. The van der Waals surface area contributed by atoms with E-state index in [1.807, 2.05) is 45.0 Å². The third-order valence-electron chi connectivity index (χ3n) is 5.33. The number of carbonyl (C=O) groups is 2. The molecular weight excluding hydrogens is 459 g/mol. The van der Waals surface area contributed by atoms with Crippen molar-refractivity contribution in [3.05, 3.63) is 65.5 Å². The van der Waals surface area contributed by atoms with E-state index in [9.17, 15) is 22.4 Å². The Morgan fingerprint density at radius 2 is 1.59 bits per heavy atom. The number of nitrogens with zero attached hydrogens (tertiary/aromatic N) is 3. The molecule has 0 saturated carbocycles. The van der Waals surface area contributed by atoms with Crippen molar-refractivity contribution in [3.63, 3.8) is 0 Å². The van der Waals surface area contributed by atoms with Gasteiger partial charge in [0, 0.05) is 26.7 Å². The van der Waals surface area contributed by atoms with E-state index in [4.69, 9.17) is 0 Å². The Kier molecular flexibility index (Phi) is 9.17. The van der Waals surface area contributed by atoms with Gasteiger partial charge < -0.3 is 10.2 Å². The summed E-state index contributed by atoms with van der Waals surface area (Å²) >= 11 is 0. The second-order valence-electron chi connectivity index (χ2n) is 8.56. The molecule has 186 valence electrons. The molecule has 0 aliphatic heterocycles. The van der Waals surface area contributed by atoms with Gasteiger partial charge in [0.1, 0.15) is 18.4 Å². The Bertz CT molecular complexity index is 1100. The molecule has 2 aromatic rings. The Morgan fingerprint density at radius 3 is 2.12 bits per heavy atom. The van der Waals surface area contributed by atoms with Crippen LogP contribution in [0, 0.1) is 12.7 Å². The fourth-order valence-electron chi connectivity index (χ4n) is 3.28. The zero-order valence-corrected chi connectivity index (χ0v) is 21.3. The summed E-state index contributed by atoms with van der Waals surface area (Å²) in [6, 6.07) is 11.3. The fourth-order valence-corrected chi connectivity index (χ4v) is 4.34. The van der Waals surface area contributed by atoms with Gasteiger partial charge in [-0.1, -0.05) is 24.3 Å². The lowest BCUT2D eigenvalue weighted by molar-refractivity contribution is -0.139. The number of rotatable bonds is 10. The smallest absolute Gasteiger partial charge is 0.304 e. The Morgan fingerprint density at radius 1 is 1.00 bits per heavy atom. The summed E-state index contributed by atoms with van der Waals surface area (Å²) in [5, 5.41) is 2.80. The first-order valence-corrected chi connectivity index (χ1v) is 12.3. The molecule has 2 rings (SSSR count). The monoisotopic (exact) mass is 492 g/mol. The SMILES string of the molecule is Cc1ccccc1CN(C(=O)CN(c1ccc(F)cc1)S(=O)(=O)N(C)C)[C@@H](C)C(=O)NC(C)C. The normalized spacial score (nSPS) is 12.5. The summed E-state index contributed by atoms with van der Waals surface area (Å²) in [4.78, 5) is 27.7. The maximum absolute atomic E-state index is 13.6. The van der Waals surface area contributed by atoms with Gasteiger partial charge in [-0.25, -0.2) is 8.70 Å². The van der Waals surface area contributed by atoms with Gasteiger partial charge in [0.05, 0.1) is 5.69 Å². The van der Waals surface area contributed by atoms with E-state index >= 15 is 0 Å². The number of benzene rings is 2. The minimum Gasteiger partial charge on any atom is -0.352 e. The van der Waals surface area contributed by atoms with Crippen molar-refractivity contribution in [1.82, 2.24) is 14.5 Å². The standard InChI is InChI=1S/C24H33FN4O4S/c1-17(2)26-24(31)19(4)28(15-20-10-8-7-9-18(20)3)23(30)16-29(34(32,33)27(5)6)22-13-11-21(25)12-14-22/h7-14,17,19H,15-16H2,1-6H3,(H,26,31)/t19-/m0/s1. The lowest BCUT2D eigenvalue weighted by Crippen LogP contribution is -2.53. The lowest BCUT2D eigenvalue weighted by atomic mass is 10.1. The van der Waals surface area contributed by atoms with E-state index in [1.54, 1.807) is 6.92 Å². The van der Waals surface area contributed by atoms with E-state index in [0.717, 1.165) is 31.9 Å². The van der Waals surface area contributed by atoms with E-state index in [1.165, 1.54) is 31.1 Å². The minimum atomic E-state index is -4.08. The van der Waals surface area contributed by atoms with Crippen LogP contribution in [0.1, 0.15) is 31.9 Å². The van der Waals surface area contributed by atoms with E-state index in [0.29, 0.717) is 0 Å². The van der Waals surface area contributed by atoms with Crippen LogP contribution in [0.4, 0.5) is 10.1 Å². The van der Waals surface area contributed by atoms with Crippen LogP contribution in [0.25, 0.3) is 0 Å². The number of anilines is 1. The lowest BCUT2D eigenvalue weighted by Gasteiger charge is -2.33. The van der Waals surface area contributed by atoms with E-state index in [-0.39, 0.29) is 24.2 Å². The summed E-state index contributed by atoms with van der Waals surface area (Å²) in [7, 11) is -1.39. The van der Waals surface area contributed by atoms with E-state index < -0.39 is 34.5 Å². The van der Waals surface area contributed by atoms with Crippen LogP contribution in [0.5, 0.6) is 0 Å². The third-order valence-corrected chi connectivity index (χ3v) is 7.15. The molecule has 0 fully saturated rings. The van der Waals surface area contributed by atoms with E-state index in [2.05, 4.69) is 5.32 Å². The van der Waals surface area contributed by atoms with Crippen molar-refractivity contribution in [1.29, 1.82) is 0 Å². The van der Waals surface area contributed by atoms with Crippen LogP contribution in [0.2, 0.25) is 0 Å². The van der Waals surface area contributed by atoms with Gasteiger partial charge in [0.15, 0.2) is 0 Å². The third kappa shape index (κ3) is 6.77. The summed E-state index contributed by atoms with van der Waals surface area (Å²) in [6.45, 7) is 6.71. The molecule has 2 aromatic carbocycles. The molecule has 10 heteroatoms. The highest BCUT2D eigenvalue weighted by Crippen LogP contribution is 2.21. The Hall–Kier alpha value is -2.98. The molecule has 0 aliphatic carbocycles. The van der Waals surface area contributed by atoms with Crippen molar-refractivity contribution < 1.29 is 22.4 Å². The minimum absolute atomic E-state index is 0.122. The second-order valence-corrected chi connectivity index (χ2v) is 10.6. The first-order chi connectivity index (χ1) is 15.8. The molecule has 0 aromatic heterocycles. The zero-order valence-electron chi connectivity index (χ0n) is 20.4. The van der Waals surface area contributed by atoms with Gasteiger partial charge in [-0.3, -0.25) is 9.59 Å². The van der Waals surface area contributed by atoms with Crippen LogP contribution in [0.3, 0.4) is 0 Å². The van der Waals surface area contributed by atoms with Crippen molar-refractivity contribution in [2.24, 2.45) is 0 Å². The number of nitrogens with one attached hydrogen (secondary N) is 1. The number of aryl methyl sites for hydroxylation is 1. The van der Waals surface area contributed by atoms with Gasteiger partial charge in [-0.15, -0.1) is 0 Å². The molecule has 2 amide bonds. The summed E-state index contributed by atoms with van der Waals surface area (Å²) in [6.07, 6.45) is 0. The molecule has 0 bridgehead atoms. The number of amides is 2. The van der Waals surface area contributed by atoms with Crippen LogP contribution in [0.15, 0.2) is 48.5 Å². The number of carbonyl (C=O) groups excluding carboxylic acids is 2. The number of hydrogen-bond donors (Lipinski definition) is 1. The molecule has 0 radical (unpaired) electrons. The molecule has 0 spiro atoms. The molecule has 1 N–H and O–H groups in total. The van der Waals surface area contributed by atoms with Crippen LogP contribution in [-0.2, 0) is 26.3 Å². The summed E-state index contributed by atoms with van der Waals surface area (Å²) in [5.74, 6) is -1.44. The predicted octanol–water partition coefficient (Wildman–Crippen LogP) is 2.69. The average Bonchev–Trinajstić information content (AvgIpc) is 2.76. The van der Waals surface area contributed by atoms with Gasteiger partial charge in [0.2, 0.25) is 11.8 Å². The number of halogens is 1. The fraction of sp³-hybridized carbons (Fsp3) is 0.417. The molecule has 0 unspecified atom stereocenters. The largest absolute Gasteiger partial charge is 0.352 e. The molecule has 0 heterocycles. The molecule has 8 nitrogen and oxygen atoms in total. The highest BCUT2D eigenvalue weighted by molar-refractivity contribution is 7.90. The molecular formula is C24H33FN4O4S. The second kappa shape index (κ2) is 11.4. The molecule has 1 atom stereocenters. The van der Waals surface area contributed by atoms with Crippen LogP contribution in [-0.4, -0.2) is 62.2 Å². The summed E-state index contributed by atoms with van der Waals surface area (Å²) < 4.78 is 41.5. The highest BCUT2D eigenvalue weighted by atomic mass is 32.2. The Balaban J connectivity index is 2.46. The van der Waals surface area contributed by atoms with Crippen LogP contribution >= 0.6 is 0 Å². The number of hydrogen-bond acceptors (Lipinski definition) is 4. The topological polar surface area (TPSA) is 90.0 Å². The van der Waals surface area contributed by atoms with Crippen molar-refractivity contribution in [2.45, 2.75) is 46.3 Å². The average molecular weight is 493 g/mol. The quantitative estimate of drug-likeness (QED) is 0.552. The van der Waals surface area contributed by atoms with Gasteiger partial charge in [-0.05, 0) is 63.1 Å². The van der Waals surface area contributed by atoms with Gasteiger partial charge in [-0.2, -0.15) is 12.7 Å². The Labute approximate surface area is 201 Å². The molecule has 34 heavy (non-hydrogen) atoms. The molecule has 0 saturated heterocycles. The van der Waals surface area contributed by atoms with Crippen molar-refractivity contribution in [2.75, 3.05) is 24.9 Å². The van der Waals surface area contributed by atoms with Gasteiger partial charge >= 0.3 is 10.2 Å². The summed E-state index contributed by atoms with van der Waals surface area (Å²) in [5.41, 5.74) is 1.91. The van der Waals surface area contributed by atoms with Crippen LogP contribution < -0.4 is 9.62 Å². The first kappa shape index (κ1) is 27.3. The van der Waals surface area contributed by atoms with Crippen molar-refractivity contribution in [3.8, 4) is 0 Å². The maximum atomic E-state index is 13.6. The predicted molar refractivity (Wildman–Crippen MR) is 131 cm³/mol. The maximum Gasteiger partial charge on any atom is 0.304 e. The highest BCUT2D eigenvalue weighted by Gasteiger charge is 2.32.